The average molecular weight is 79.9 g/mol. The Morgan fingerprint density at radius 1 is 1.40 bits per heavy atom. The Morgan fingerprint density at radius 2 is 1.40 bits per heavy atom. The van der Waals surface area contributed by atoms with Gasteiger partial charge >= 0.3 is 46.4 Å². The molecule has 0 aromatic rings. The van der Waals surface area contributed by atoms with Crippen LogP contribution in [0.3, 0.4) is 0 Å². The summed E-state index contributed by atoms with van der Waals surface area (Å²) in [5.41, 5.74) is 0. The molecular weight excluding hydrogens is 76.9 g/mol. The third kappa shape index (κ3) is 35.4. The Balaban J connectivity index is -0.0000000200. The maximum atomic E-state index is 8.46. The first-order chi connectivity index (χ1) is 1.41. The summed E-state index contributed by atoms with van der Waals surface area (Å²) in [4.78, 5) is 6.99. The molecule has 0 aliphatic carbocycles. The van der Waals surface area contributed by atoms with Crippen molar-refractivity contribution in [2.75, 3.05) is 0 Å². The van der Waals surface area contributed by atoms with Crippen LogP contribution in [0.15, 0.2) is 0 Å². The van der Waals surface area contributed by atoms with Gasteiger partial charge in [0.15, 0.2) is 0 Å². The van der Waals surface area contributed by atoms with Crippen molar-refractivity contribution in [3.63, 3.8) is 0 Å². The van der Waals surface area contributed by atoms with Gasteiger partial charge in [0.05, 0.1) is 0 Å². The molecule has 0 fully saturated rings. The molecule has 0 bridgehead atoms. The molecule has 0 unspecified atom stereocenters. The van der Waals surface area contributed by atoms with E-state index in [1.54, 1.807) is 0 Å². The van der Waals surface area contributed by atoms with E-state index in [9.17, 15) is 0 Å². The molecule has 0 aromatic carbocycles. The van der Waals surface area contributed by atoms with Crippen LogP contribution in [0.4, 0.5) is 0 Å². The molecular formula is H3Li2O2P. The molecule has 0 amide bonds. The summed E-state index contributed by atoms with van der Waals surface area (Å²) in [6, 6.07) is 0. The summed E-state index contributed by atoms with van der Waals surface area (Å²) in [5.74, 6) is 0. The summed E-state index contributed by atoms with van der Waals surface area (Å²) in [5, 5.41) is 0. The molecule has 0 spiro atoms. The first-order valence-corrected chi connectivity index (χ1v) is 1.15. The van der Waals surface area contributed by atoms with Crippen molar-refractivity contribution in [3.05, 3.63) is 0 Å². The fourth-order valence-electron chi connectivity index (χ4n) is 0. The second kappa shape index (κ2) is 18.7. The van der Waals surface area contributed by atoms with E-state index in [-0.39, 0.29) is 37.7 Å². The van der Waals surface area contributed by atoms with Crippen molar-refractivity contribution >= 4 is 46.4 Å². The van der Waals surface area contributed by atoms with Crippen LogP contribution in [0.25, 0.3) is 0 Å². The quantitative estimate of drug-likeness (QED) is 0.296. The van der Waals surface area contributed by atoms with E-state index in [1.165, 1.54) is 0 Å². The van der Waals surface area contributed by atoms with Gasteiger partial charge in [-0.15, -0.1) is 0 Å². The third-order valence-corrected chi connectivity index (χ3v) is 0. The molecule has 5 heteroatoms. The number of hydrogen-bond donors (Lipinski definition) is 1. The average Bonchev–Trinajstić information content (AvgIpc) is 0.918. The van der Waals surface area contributed by atoms with Gasteiger partial charge in [-0.25, -0.2) is 4.57 Å². The van der Waals surface area contributed by atoms with Crippen LogP contribution in [-0.4, -0.2) is 42.6 Å². The van der Waals surface area contributed by atoms with Crippen molar-refractivity contribution < 1.29 is 9.46 Å². The van der Waals surface area contributed by atoms with Crippen molar-refractivity contribution in [1.29, 1.82) is 0 Å². The molecule has 0 aliphatic heterocycles. The fraction of sp³-hybridized carbons (Fsp3) is 0. The van der Waals surface area contributed by atoms with Gasteiger partial charge in [0.25, 0.3) is 0 Å². The fourth-order valence-corrected chi connectivity index (χ4v) is 0. The zero-order valence-corrected chi connectivity index (χ0v) is 2.20. The minimum absolute atomic E-state index is 0. The molecule has 0 radical (unpaired) electrons. The van der Waals surface area contributed by atoms with Gasteiger partial charge in [0.1, 0.15) is 0 Å². The van der Waals surface area contributed by atoms with Gasteiger partial charge in [-0.05, 0) is 0 Å². The number of rotatable bonds is 0. The van der Waals surface area contributed by atoms with Crippen LogP contribution in [0.2, 0.25) is 0 Å². The second-order valence-corrected chi connectivity index (χ2v) is 0.245. The maximum absolute atomic E-state index is 8.46. The van der Waals surface area contributed by atoms with Gasteiger partial charge in [0, 0.05) is 0 Å². The van der Waals surface area contributed by atoms with Crippen LogP contribution in [-0.2, 0) is 4.57 Å². The molecule has 0 aliphatic rings. The molecule has 22 valence electrons. The predicted molar refractivity (Wildman–Crippen MR) is 24.1 cm³/mol. The molecule has 1 N–H and O–H groups in total. The van der Waals surface area contributed by atoms with E-state index in [0.717, 1.165) is 0 Å². The van der Waals surface area contributed by atoms with Crippen molar-refractivity contribution in [3.8, 4) is 0 Å². The van der Waals surface area contributed by atoms with E-state index in [2.05, 4.69) is 0 Å². The van der Waals surface area contributed by atoms with Gasteiger partial charge < -0.3 is 4.89 Å². The molecule has 0 saturated carbocycles. The van der Waals surface area contributed by atoms with Gasteiger partial charge in [-0.2, -0.15) is 0 Å². The number of hydrogen-bond acceptors (Lipinski definition) is 1. The van der Waals surface area contributed by atoms with Crippen LogP contribution in [0, 0.1) is 0 Å². The third-order valence-electron chi connectivity index (χ3n) is 0. The van der Waals surface area contributed by atoms with Crippen LogP contribution in [0.5, 0.6) is 0 Å². The molecule has 0 aromatic heterocycles. The van der Waals surface area contributed by atoms with E-state index in [1.807, 2.05) is 0 Å². The molecule has 0 saturated heterocycles. The van der Waals surface area contributed by atoms with Gasteiger partial charge in [-0.3, -0.25) is 0 Å². The van der Waals surface area contributed by atoms with E-state index >= 15 is 0 Å². The first kappa shape index (κ1) is 16.3. The van der Waals surface area contributed by atoms with Crippen LogP contribution >= 0.6 is 8.69 Å². The summed E-state index contributed by atoms with van der Waals surface area (Å²) >= 11 is 0. The van der Waals surface area contributed by atoms with Crippen LogP contribution in [0.1, 0.15) is 0 Å². The molecule has 0 atom stereocenters. The minimum atomic E-state index is -0.833. The Morgan fingerprint density at radius 3 is 1.40 bits per heavy atom. The molecule has 0 heterocycles. The Kier molecular flexibility index (Phi) is 61.0. The summed E-state index contributed by atoms with van der Waals surface area (Å²) < 4.78 is 8.46. The Labute approximate surface area is 56.0 Å². The summed E-state index contributed by atoms with van der Waals surface area (Å²) in [6.45, 7) is 0. The van der Waals surface area contributed by atoms with E-state index < -0.39 is 8.69 Å². The van der Waals surface area contributed by atoms with Gasteiger partial charge in [0.2, 0.25) is 0 Å². The Hall–Kier alpha value is 1.25. The predicted octanol–water partition coefficient (Wildman–Crippen LogP) is -1.11. The van der Waals surface area contributed by atoms with E-state index in [4.69, 9.17) is 9.46 Å². The summed E-state index contributed by atoms with van der Waals surface area (Å²) in [7, 11) is -0.833. The zero-order chi connectivity index (χ0) is 2.71. The molecule has 0 rings (SSSR count). The van der Waals surface area contributed by atoms with Gasteiger partial charge in [-0.1, -0.05) is 0 Å². The zero-order valence-electron chi connectivity index (χ0n) is 1.30. The topological polar surface area (TPSA) is 37.3 Å². The van der Waals surface area contributed by atoms with Crippen LogP contribution < -0.4 is 0 Å². The standard InChI is InChI=1S/2Li.HO2P.2H/c;;1-3-2;;/h;;(H,1,2);;. The van der Waals surface area contributed by atoms with Crippen molar-refractivity contribution in [2.45, 2.75) is 0 Å². The van der Waals surface area contributed by atoms with Crippen molar-refractivity contribution in [2.24, 2.45) is 0 Å². The summed E-state index contributed by atoms with van der Waals surface area (Å²) in [6.07, 6.45) is 0. The normalized spacial score (nSPS) is 4.20. The SMILES string of the molecule is O=PO.[LiH].[LiH]. The first-order valence-electron chi connectivity index (χ1n) is 0.383. The second-order valence-electron chi connectivity index (χ2n) is 0.0816. The Bertz CT molecular complexity index is 15.1. The molecule has 2 nitrogen and oxygen atoms in total. The van der Waals surface area contributed by atoms with E-state index in [0.29, 0.717) is 0 Å². The monoisotopic (exact) mass is 80.0 g/mol. The molecule has 5 heavy (non-hydrogen) atoms. The van der Waals surface area contributed by atoms with Crippen molar-refractivity contribution in [1.82, 2.24) is 0 Å².